The maximum absolute atomic E-state index is 13.1. The number of hydrogen-bond donors (Lipinski definition) is 0. The number of fused-ring (bicyclic) bond motifs is 1. The molecule has 0 saturated carbocycles. The Labute approximate surface area is 144 Å². The second-order valence-electron chi connectivity index (χ2n) is 5.85. The fourth-order valence-electron chi connectivity index (χ4n) is 3.00. The van der Waals surface area contributed by atoms with Crippen molar-refractivity contribution in [1.82, 2.24) is 19.5 Å². The van der Waals surface area contributed by atoms with Crippen LogP contribution >= 0.6 is 11.8 Å². The Bertz CT molecular complexity index is 842. The molecule has 4 rings (SSSR count). The normalized spacial score (nSPS) is 15.8. The predicted octanol–water partition coefficient (Wildman–Crippen LogP) is 3.19. The molecule has 1 fully saturated rings. The van der Waals surface area contributed by atoms with Gasteiger partial charge in [-0.05, 0) is 30.5 Å². The number of carbonyl (C=O) groups excluding carboxylic acids is 1. The quantitative estimate of drug-likeness (QED) is 0.686. The van der Waals surface area contributed by atoms with Crippen LogP contribution in [0.2, 0.25) is 0 Å². The van der Waals surface area contributed by atoms with Gasteiger partial charge in [0.1, 0.15) is 5.25 Å². The second kappa shape index (κ2) is 6.65. The first-order chi connectivity index (χ1) is 11.8. The smallest absolute Gasteiger partial charge is 0.240 e. The molecule has 1 amide bonds. The van der Waals surface area contributed by atoms with Crippen molar-refractivity contribution >= 4 is 23.3 Å². The molecular formula is C18H18N4OS. The molecule has 0 spiro atoms. The standard InChI is InChI=1S/C18H18N4OS/c23-17(21-11-6-7-12-21)16(14-8-2-1-3-9-14)24-18-20-19-15-10-4-5-13-22(15)18/h1-5,8-10,13,16H,6-7,11-12H2/t16-/m0/s1. The lowest BCUT2D eigenvalue weighted by Crippen LogP contribution is -2.31. The zero-order valence-corrected chi connectivity index (χ0v) is 14.0. The summed E-state index contributed by atoms with van der Waals surface area (Å²) in [7, 11) is 0. The van der Waals surface area contributed by atoms with E-state index < -0.39 is 0 Å². The summed E-state index contributed by atoms with van der Waals surface area (Å²) < 4.78 is 1.93. The molecule has 5 nitrogen and oxygen atoms in total. The summed E-state index contributed by atoms with van der Waals surface area (Å²) in [6, 6.07) is 15.7. The van der Waals surface area contributed by atoms with Gasteiger partial charge in [0, 0.05) is 19.3 Å². The van der Waals surface area contributed by atoms with E-state index in [2.05, 4.69) is 10.2 Å². The lowest BCUT2D eigenvalue weighted by atomic mass is 10.1. The van der Waals surface area contributed by atoms with Crippen molar-refractivity contribution in [2.75, 3.05) is 13.1 Å². The fourth-order valence-corrected chi connectivity index (χ4v) is 4.11. The van der Waals surface area contributed by atoms with Crippen molar-refractivity contribution in [3.05, 3.63) is 60.3 Å². The molecule has 0 N–H and O–H groups in total. The van der Waals surface area contributed by atoms with Gasteiger partial charge < -0.3 is 4.90 Å². The maximum Gasteiger partial charge on any atom is 0.240 e. The summed E-state index contributed by atoms with van der Waals surface area (Å²) >= 11 is 1.47. The van der Waals surface area contributed by atoms with E-state index >= 15 is 0 Å². The van der Waals surface area contributed by atoms with Crippen molar-refractivity contribution in [3.8, 4) is 0 Å². The second-order valence-corrected chi connectivity index (χ2v) is 6.92. The third-order valence-corrected chi connectivity index (χ3v) is 5.45. The number of aromatic nitrogens is 3. The third-order valence-electron chi connectivity index (χ3n) is 4.25. The topological polar surface area (TPSA) is 50.5 Å². The number of likely N-dealkylation sites (tertiary alicyclic amines) is 1. The number of nitrogens with zero attached hydrogens (tertiary/aromatic N) is 4. The Morgan fingerprint density at radius 3 is 2.54 bits per heavy atom. The first-order valence-electron chi connectivity index (χ1n) is 8.13. The Kier molecular flexibility index (Phi) is 4.21. The summed E-state index contributed by atoms with van der Waals surface area (Å²) in [5.41, 5.74) is 1.80. The number of carbonyl (C=O) groups is 1. The Hall–Kier alpha value is -2.34. The average Bonchev–Trinajstić information content (AvgIpc) is 3.30. The lowest BCUT2D eigenvalue weighted by Gasteiger charge is -2.22. The van der Waals surface area contributed by atoms with Crippen molar-refractivity contribution in [2.24, 2.45) is 0 Å². The molecule has 1 aliphatic heterocycles. The minimum Gasteiger partial charge on any atom is -0.341 e. The van der Waals surface area contributed by atoms with Gasteiger partial charge in [-0.3, -0.25) is 9.20 Å². The molecular weight excluding hydrogens is 320 g/mol. The molecule has 0 radical (unpaired) electrons. The van der Waals surface area contributed by atoms with Crippen LogP contribution < -0.4 is 0 Å². The van der Waals surface area contributed by atoms with Gasteiger partial charge in [0.15, 0.2) is 10.8 Å². The minimum absolute atomic E-state index is 0.163. The van der Waals surface area contributed by atoms with E-state index in [1.54, 1.807) is 0 Å². The molecule has 1 aromatic carbocycles. The highest BCUT2D eigenvalue weighted by Gasteiger charge is 2.30. The molecule has 6 heteroatoms. The van der Waals surface area contributed by atoms with Gasteiger partial charge in [-0.15, -0.1) is 10.2 Å². The highest BCUT2D eigenvalue weighted by molar-refractivity contribution is 8.00. The van der Waals surface area contributed by atoms with Crippen LogP contribution in [0, 0.1) is 0 Å². The molecule has 1 atom stereocenters. The van der Waals surface area contributed by atoms with Crippen LogP contribution in [0.5, 0.6) is 0 Å². The summed E-state index contributed by atoms with van der Waals surface area (Å²) in [4.78, 5) is 15.0. The Morgan fingerprint density at radius 2 is 1.75 bits per heavy atom. The third kappa shape index (κ3) is 2.89. The van der Waals surface area contributed by atoms with Gasteiger partial charge in [-0.1, -0.05) is 48.2 Å². The van der Waals surface area contributed by atoms with Crippen molar-refractivity contribution < 1.29 is 4.79 Å². The zero-order chi connectivity index (χ0) is 16.4. The number of rotatable bonds is 4. The SMILES string of the molecule is O=C([C@@H](Sc1nnc2ccccn12)c1ccccc1)N1CCCC1. The molecule has 0 aliphatic carbocycles. The van der Waals surface area contributed by atoms with Gasteiger partial charge in [0.05, 0.1) is 0 Å². The molecule has 2 aromatic heterocycles. The highest BCUT2D eigenvalue weighted by atomic mass is 32.2. The van der Waals surface area contributed by atoms with E-state index in [-0.39, 0.29) is 11.2 Å². The molecule has 0 bridgehead atoms. The molecule has 1 saturated heterocycles. The number of pyridine rings is 1. The molecule has 24 heavy (non-hydrogen) atoms. The van der Waals surface area contributed by atoms with E-state index in [9.17, 15) is 4.79 Å². The van der Waals surface area contributed by atoms with Crippen LogP contribution in [0.3, 0.4) is 0 Å². The Balaban J connectivity index is 1.68. The minimum atomic E-state index is -0.295. The van der Waals surface area contributed by atoms with Crippen molar-refractivity contribution in [2.45, 2.75) is 23.2 Å². The van der Waals surface area contributed by atoms with Crippen molar-refractivity contribution in [3.63, 3.8) is 0 Å². The van der Waals surface area contributed by atoms with Gasteiger partial charge >= 0.3 is 0 Å². The lowest BCUT2D eigenvalue weighted by molar-refractivity contribution is -0.129. The van der Waals surface area contributed by atoms with E-state index in [4.69, 9.17) is 0 Å². The van der Waals surface area contributed by atoms with E-state index in [0.29, 0.717) is 0 Å². The number of benzene rings is 1. The first-order valence-corrected chi connectivity index (χ1v) is 9.01. The molecule has 122 valence electrons. The monoisotopic (exact) mass is 338 g/mol. The van der Waals surface area contributed by atoms with Gasteiger partial charge in [-0.25, -0.2) is 0 Å². The first kappa shape index (κ1) is 15.2. The van der Waals surface area contributed by atoms with E-state index in [0.717, 1.165) is 42.3 Å². The molecule has 3 aromatic rings. The summed E-state index contributed by atoms with van der Waals surface area (Å²) in [5, 5.41) is 8.91. The number of thioether (sulfide) groups is 1. The molecule has 1 aliphatic rings. The van der Waals surface area contributed by atoms with E-state index in [1.165, 1.54) is 11.8 Å². The average molecular weight is 338 g/mol. The summed E-state index contributed by atoms with van der Waals surface area (Å²) in [6.45, 7) is 1.70. The van der Waals surface area contributed by atoms with Gasteiger partial charge in [-0.2, -0.15) is 0 Å². The van der Waals surface area contributed by atoms with Crippen LogP contribution in [0.25, 0.3) is 5.65 Å². The zero-order valence-electron chi connectivity index (χ0n) is 13.2. The van der Waals surface area contributed by atoms with Crippen LogP contribution in [0.4, 0.5) is 0 Å². The maximum atomic E-state index is 13.1. The fraction of sp³-hybridized carbons (Fsp3) is 0.278. The van der Waals surface area contributed by atoms with E-state index in [1.807, 2.05) is 64.0 Å². The van der Waals surface area contributed by atoms with Gasteiger partial charge in [0.25, 0.3) is 0 Å². The van der Waals surface area contributed by atoms with Gasteiger partial charge in [0.2, 0.25) is 5.91 Å². The molecule has 0 unspecified atom stereocenters. The van der Waals surface area contributed by atoms with Crippen LogP contribution in [-0.4, -0.2) is 38.5 Å². The van der Waals surface area contributed by atoms with Crippen LogP contribution in [-0.2, 0) is 4.79 Å². The largest absolute Gasteiger partial charge is 0.341 e. The van der Waals surface area contributed by atoms with Crippen LogP contribution in [0.1, 0.15) is 23.7 Å². The summed E-state index contributed by atoms with van der Waals surface area (Å²) in [5.74, 6) is 0.163. The summed E-state index contributed by atoms with van der Waals surface area (Å²) in [6.07, 6.45) is 4.11. The van der Waals surface area contributed by atoms with Crippen molar-refractivity contribution in [1.29, 1.82) is 0 Å². The number of amides is 1. The molecule has 3 heterocycles. The highest BCUT2D eigenvalue weighted by Crippen LogP contribution is 2.36. The predicted molar refractivity (Wildman–Crippen MR) is 93.8 cm³/mol. The Morgan fingerprint density at radius 1 is 1.00 bits per heavy atom. The number of hydrogen-bond acceptors (Lipinski definition) is 4. The van der Waals surface area contributed by atoms with Crippen LogP contribution in [0.15, 0.2) is 59.9 Å².